The van der Waals surface area contributed by atoms with Gasteiger partial charge in [-0.15, -0.1) is 12.4 Å². The topological polar surface area (TPSA) is 39.1 Å². The summed E-state index contributed by atoms with van der Waals surface area (Å²) in [5.74, 6) is 0.811. The molecule has 4 nitrogen and oxygen atoms in total. The van der Waals surface area contributed by atoms with E-state index in [4.69, 9.17) is 4.74 Å². The highest BCUT2D eigenvalue weighted by Gasteiger charge is 2.28. The Bertz CT molecular complexity index is 602. The first-order chi connectivity index (χ1) is 10.5. The lowest BCUT2D eigenvalue weighted by Crippen LogP contribution is -2.18. The summed E-state index contributed by atoms with van der Waals surface area (Å²) in [6.45, 7) is 0.149. The van der Waals surface area contributed by atoms with Crippen LogP contribution in [0.15, 0.2) is 36.7 Å². The predicted octanol–water partition coefficient (Wildman–Crippen LogP) is 3.21. The normalized spacial score (nSPS) is 11.1. The first-order valence-corrected chi connectivity index (χ1v) is 6.88. The minimum absolute atomic E-state index is 0. The van der Waals surface area contributed by atoms with Crippen LogP contribution in [0, 0.1) is 0 Å². The summed E-state index contributed by atoms with van der Waals surface area (Å²) in [6, 6.07) is 7.77. The molecule has 0 saturated carbocycles. The van der Waals surface area contributed by atoms with E-state index in [1.807, 2.05) is 24.3 Å². The Balaban J connectivity index is 0.00000264. The fourth-order valence-electron chi connectivity index (χ4n) is 2.06. The molecule has 0 aliphatic heterocycles. The zero-order valence-electron chi connectivity index (χ0n) is 12.6. The van der Waals surface area contributed by atoms with Crippen molar-refractivity contribution >= 4 is 12.4 Å². The van der Waals surface area contributed by atoms with Crippen LogP contribution in [0.4, 0.5) is 13.2 Å². The summed E-state index contributed by atoms with van der Waals surface area (Å²) >= 11 is 0. The highest BCUT2D eigenvalue weighted by atomic mass is 35.5. The molecule has 2 aromatic rings. The number of nitrogens with one attached hydrogen (secondary N) is 1. The van der Waals surface area contributed by atoms with E-state index in [0.717, 1.165) is 34.5 Å². The molecule has 1 aromatic heterocycles. The van der Waals surface area contributed by atoms with E-state index in [1.165, 1.54) is 12.4 Å². The van der Waals surface area contributed by atoms with Crippen molar-refractivity contribution in [2.24, 2.45) is 0 Å². The highest BCUT2D eigenvalue weighted by Crippen LogP contribution is 2.17. The number of rotatable bonds is 7. The van der Waals surface area contributed by atoms with Gasteiger partial charge in [0.1, 0.15) is 12.3 Å². The molecule has 0 bridgehead atoms. The fourth-order valence-corrected chi connectivity index (χ4v) is 2.06. The van der Waals surface area contributed by atoms with Crippen LogP contribution in [0.5, 0.6) is 5.75 Å². The van der Waals surface area contributed by atoms with Gasteiger partial charge in [-0.2, -0.15) is 18.3 Å². The molecule has 0 fully saturated rings. The molecule has 0 atom stereocenters. The van der Waals surface area contributed by atoms with Crippen LogP contribution in [0.3, 0.4) is 0 Å². The maximum Gasteiger partial charge on any atom is 0.408 e. The maximum atomic E-state index is 12.2. The van der Waals surface area contributed by atoms with Crippen molar-refractivity contribution in [3.8, 4) is 5.75 Å². The van der Waals surface area contributed by atoms with E-state index in [0.29, 0.717) is 6.54 Å². The third-order valence-corrected chi connectivity index (χ3v) is 3.08. The van der Waals surface area contributed by atoms with Gasteiger partial charge in [0.05, 0.1) is 13.3 Å². The summed E-state index contributed by atoms with van der Waals surface area (Å²) in [7, 11) is 1.62. The standard InChI is InChI=1S/C15H18F3N3O.ClH/c1-22-14-4-2-3-12(7-14)5-6-19-8-13-9-20-21(10-13)11-15(16,17)18;/h2-4,7,9-10,19H,5-6,8,11H2,1H3;1H. The van der Waals surface area contributed by atoms with Gasteiger partial charge in [0.15, 0.2) is 0 Å². The Hall–Kier alpha value is -1.73. The molecule has 0 unspecified atom stereocenters. The largest absolute Gasteiger partial charge is 0.497 e. The Morgan fingerprint density at radius 3 is 2.74 bits per heavy atom. The molecule has 1 N–H and O–H groups in total. The van der Waals surface area contributed by atoms with Gasteiger partial charge in [-0.25, -0.2) is 0 Å². The molecule has 23 heavy (non-hydrogen) atoms. The van der Waals surface area contributed by atoms with Crippen LogP contribution in [0.1, 0.15) is 11.1 Å². The van der Waals surface area contributed by atoms with Crippen molar-refractivity contribution in [2.45, 2.75) is 25.7 Å². The lowest BCUT2D eigenvalue weighted by molar-refractivity contribution is -0.142. The molecular formula is C15H19ClF3N3O. The van der Waals surface area contributed by atoms with Gasteiger partial charge >= 0.3 is 6.18 Å². The first kappa shape index (κ1) is 19.3. The highest BCUT2D eigenvalue weighted by molar-refractivity contribution is 5.85. The maximum absolute atomic E-state index is 12.2. The first-order valence-electron chi connectivity index (χ1n) is 6.88. The number of nitrogens with zero attached hydrogens (tertiary/aromatic N) is 2. The number of aromatic nitrogens is 2. The number of methoxy groups -OCH3 is 1. The predicted molar refractivity (Wildman–Crippen MR) is 83.9 cm³/mol. The van der Waals surface area contributed by atoms with Crippen LogP contribution in [0.2, 0.25) is 0 Å². The van der Waals surface area contributed by atoms with Crippen LogP contribution >= 0.6 is 12.4 Å². The van der Waals surface area contributed by atoms with Gasteiger partial charge in [-0.3, -0.25) is 4.68 Å². The van der Waals surface area contributed by atoms with Crippen LogP contribution in [-0.4, -0.2) is 29.6 Å². The Morgan fingerprint density at radius 1 is 1.26 bits per heavy atom. The second-order valence-electron chi connectivity index (χ2n) is 4.94. The molecule has 0 aliphatic rings. The summed E-state index contributed by atoms with van der Waals surface area (Å²) < 4.78 is 42.7. The fraction of sp³-hybridized carbons (Fsp3) is 0.400. The van der Waals surface area contributed by atoms with Crippen molar-refractivity contribution in [1.29, 1.82) is 0 Å². The number of benzene rings is 1. The van der Waals surface area contributed by atoms with E-state index in [-0.39, 0.29) is 12.4 Å². The monoisotopic (exact) mass is 349 g/mol. The van der Waals surface area contributed by atoms with E-state index in [9.17, 15) is 13.2 Å². The molecule has 0 amide bonds. The minimum Gasteiger partial charge on any atom is -0.497 e. The van der Waals surface area contributed by atoms with Gasteiger partial charge in [0.25, 0.3) is 0 Å². The van der Waals surface area contributed by atoms with E-state index >= 15 is 0 Å². The summed E-state index contributed by atoms with van der Waals surface area (Å²) in [6.07, 6.45) is -0.576. The van der Waals surface area contributed by atoms with Crippen molar-refractivity contribution in [3.05, 3.63) is 47.8 Å². The molecule has 2 rings (SSSR count). The van der Waals surface area contributed by atoms with Gasteiger partial charge in [0.2, 0.25) is 0 Å². The van der Waals surface area contributed by atoms with Gasteiger partial charge in [-0.05, 0) is 30.7 Å². The zero-order chi connectivity index (χ0) is 16.0. The quantitative estimate of drug-likeness (QED) is 0.780. The van der Waals surface area contributed by atoms with Gasteiger partial charge in [-0.1, -0.05) is 12.1 Å². The smallest absolute Gasteiger partial charge is 0.408 e. The summed E-state index contributed by atoms with van der Waals surface area (Å²) in [4.78, 5) is 0. The Labute approximate surface area is 139 Å². The molecule has 8 heteroatoms. The Kier molecular flexibility index (Phi) is 7.38. The van der Waals surface area contributed by atoms with Crippen LogP contribution < -0.4 is 10.1 Å². The molecule has 0 aliphatic carbocycles. The molecule has 128 valence electrons. The van der Waals surface area contributed by atoms with E-state index in [2.05, 4.69) is 10.4 Å². The number of hydrogen-bond donors (Lipinski definition) is 1. The van der Waals surface area contributed by atoms with Crippen molar-refractivity contribution in [1.82, 2.24) is 15.1 Å². The SMILES string of the molecule is COc1cccc(CCNCc2cnn(CC(F)(F)F)c2)c1.Cl. The van der Waals surface area contributed by atoms with Crippen molar-refractivity contribution < 1.29 is 17.9 Å². The van der Waals surface area contributed by atoms with Crippen LogP contribution in [-0.2, 0) is 19.5 Å². The average Bonchev–Trinajstić information content (AvgIpc) is 2.89. The Morgan fingerprint density at radius 2 is 2.04 bits per heavy atom. The zero-order valence-corrected chi connectivity index (χ0v) is 13.5. The van der Waals surface area contributed by atoms with E-state index < -0.39 is 12.7 Å². The third kappa shape index (κ3) is 6.92. The lowest BCUT2D eigenvalue weighted by atomic mass is 10.1. The molecule has 1 heterocycles. The summed E-state index contributed by atoms with van der Waals surface area (Å²) in [5.41, 5.74) is 1.87. The van der Waals surface area contributed by atoms with Crippen molar-refractivity contribution in [2.75, 3.05) is 13.7 Å². The van der Waals surface area contributed by atoms with E-state index in [1.54, 1.807) is 7.11 Å². The second-order valence-corrected chi connectivity index (χ2v) is 4.94. The number of ether oxygens (including phenoxy) is 1. The molecule has 0 spiro atoms. The van der Waals surface area contributed by atoms with Gasteiger partial charge in [0, 0.05) is 18.3 Å². The molecular weight excluding hydrogens is 331 g/mol. The van der Waals surface area contributed by atoms with Gasteiger partial charge < -0.3 is 10.1 Å². The van der Waals surface area contributed by atoms with Crippen LogP contribution in [0.25, 0.3) is 0 Å². The third-order valence-electron chi connectivity index (χ3n) is 3.08. The lowest BCUT2D eigenvalue weighted by Gasteiger charge is -2.06. The average molecular weight is 350 g/mol. The molecule has 0 radical (unpaired) electrons. The molecule has 1 aromatic carbocycles. The number of halogens is 4. The number of hydrogen-bond acceptors (Lipinski definition) is 3. The minimum atomic E-state index is -4.25. The van der Waals surface area contributed by atoms with Crippen molar-refractivity contribution in [3.63, 3.8) is 0 Å². The molecule has 0 saturated heterocycles. The second kappa shape index (κ2) is 8.79. The number of alkyl halides is 3. The summed E-state index contributed by atoms with van der Waals surface area (Å²) in [5, 5.41) is 6.89.